The quantitative estimate of drug-likeness (QED) is 0.478. The van der Waals surface area contributed by atoms with Crippen LogP contribution in [0.5, 0.6) is 0 Å². The van der Waals surface area contributed by atoms with Gasteiger partial charge in [0.2, 0.25) is 0 Å². The summed E-state index contributed by atoms with van der Waals surface area (Å²) < 4.78 is 148. The Balaban J connectivity index is 1.81. The van der Waals surface area contributed by atoms with E-state index in [4.69, 9.17) is 0 Å². The van der Waals surface area contributed by atoms with Gasteiger partial charge in [-0.15, -0.1) is 0 Å². The maximum absolute atomic E-state index is 13.9. The number of rotatable bonds is 5. The molecule has 1 fully saturated rings. The highest BCUT2D eigenvalue weighted by atomic mass is 19.4. The minimum absolute atomic E-state index is 0.0628. The van der Waals surface area contributed by atoms with E-state index in [-0.39, 0.29) is 15.4 Å². The summed E-state index contributed by atoms with van der Waals surface area (Å²) in [6.07, 6.45) is -14.3. The maximum Gasteiger partial charge on any atom is 0.459 e. The summed E-state index contributed by atoms with van der Waals surface area (Å²) in [5.74, 6) is -8.50. The molecule has 0 atom stereocenters. The van der Waals surface area contributed by atoms with E-state index in [1.54, 1.807) is 0 Å². The molecule has 0 aliphatic heterocycles. The van der Waals surface area contributed by atoms with Crippen molar-refractivity contribution in [2.24, 2.45) is 7.05 Å². The highest BCUT2D eigenvalue weighted by Crippen LogP contribution is 2.49. The third-order valence-corrected chi connectivity index (χ3v) is 5.14. The number of nitrogens with zero attached hydrogens (tertiary/aromatic N) is 6. The molecule has 0 aromatic carbocycles. The molecular formula is C18H12F11N7O. The van der Waals surface area contributed by atoms with Crippen LogP contribution in [-0.2, 0) is 25.3 Å². The first-order valence-corrected chi connectivity index (χ1v) is 9.94. The van der Waals surface area contributed by atoms with Crippen molar-refractivity contribution < 1.29 is 53.1 Å². The molecule has 3 aromatic rings. The zero-order chi connectivity index (χ0) is 27.7. The van der Waals surface area contributed by atoms with Crippen LogP contribution < -0.4 is 5.32 Å². The van der Waals surface area contributed by atoms with Gasteiger partial charge in [0.15, 0.2) is 17.2 Å². The standard InChI is InChI=1S/C18H12F11N7O/c1-34-14(10(16(21,22)23)12(32-34)15(19,20)18(27,28)29)36-5-8(4-30-36)35-6-9(11(33-35)17(24,25)26)13(37)31-7-2-3-7/h4-7H,2-3H2,1H3,(H,31,37). The third-order valence-electron chi connectivity index (χ3n) is 5.14. The SMILES string of the molecule is Cn1nc(C(F)(F)C(F)(F)F)c(C(F)(F)F)c1-n1cc(-n2cc(C(=O)NC3CC3)c(C(F)(F)F)n2)cn1. The maximum atomic E-state index is 13.9. The van der Waals surface area contributed by atoms with Gasteiger partial charge >= 0.3 is 24.5 Å². The predicted molar refractivity (Wildman–Crippen MR) is 97.9 cm³/mol. The van der Waals surface area contributed by atoms with Gasteiger partial charge in [0.25, 0.3) is 5.91 Å². The van der Waals surface area contributed by atoms with E-state index in [0.717, 1.165) is 0 Å². The third kappa shape index (κ3) is 4.73. The van der Waals surface area contributed by atoms with Crippen LogP contribution in [0.3, 0.4) is 0 Å². The van der Waals surface area contributed by atoms with Crippen molar-refractivity contribution in [1.82, 2.24) is 34.7 Å². The number of hydrogen-bond donors (Lipinski definition) is 1. The van der Waals surface area contributed by atoms with Crippen molar-refractivity contribution >= 4 is 5.91 Å². The Hall–Kier alpha value is -3.67. The van der Waals surface area contributed by atoms with Crippen LogP contribution in [0.2, 0.25) is 0 Å². The van der Waals surface area contributed by atoms with Gasteiger partial charge in [0.05, 0.1) is 18.0 Å². The second-order valence-corrected chi connectivity index (χ2v) is 7.97. The van der Waals surface area contributed by atoms with Gasteiger partial charge in [-0.2, -0.15) is 63.6 Å². The van der Waals surface area contributed by atoms with Gasteiger partial charge < -0.3 is 5.32 Å². The van der Waals surface area contributed by atoms with E-state index >= 15 is 0 Å². The first-order chi connectivity index (χ1) is 16.8. The topological polar surface area (TPSA) is 82.6 Å². The number of aromatic nitrogens is 6. The van der Waals surface area contributed by atoms with Crippen molar-refractivity contribution in [2.75, 3.05) is 0 Å². The molecule has 0 spiro atoms. The van der Waals surface area contributed by atoms with E-state index in [1.807, 2.05) is 0 Å². The molecule has 1 saturated carbocycles. The summed E-state index contributed by atoms with van der Waals surface area (Å²) in [7, 11) is 0.637. The summed E-state index contributed by atoms with van der Waals surface area (Å²) in [6.45, 7) is 0. The van der Waals surface area contributed by atoms with Crippen molar-refractivity contribution in [3.63, 3.8) is 0 Å². The van der Waals surface area contributed by atoms with Crippen LogP contribution in [0.15, 0.2) is 18.6 Å². The van der Waals surface area contributed by atoms with E-state index < -0.39 is 64.4 Å². The van der Waals surface area contributed by atoms with Crippen molar-refractivity contribution in [1.29, 1.82) is 0 Å². The van der Waals surface area contributed by atoms with Gasteiger partial charge in [0.1, 0.15) is 11.3 Å². The predicted octanol–water partition coefficient (Wildman–Crippen LogP) is 4.38. The summed E-state index contributed by atoms with van der Waals surface area (Å²) in [5, 5.41) is 11.7. The fourth-order valence-corrected chi connectivity index (χ4v) is 3.31. The molecule has 1 N–H and O–H groups in total. The van der Waals surface area contributed by atoms with Crippen LogP contribution in [0.25, 0.3) is 11.5 Å². The van der Waals surface area contributed by atoms with E-state index in [9.17, 15) is 53.1 Å². The highest BCUT2D eigenvalue weighted by Gasteiger charge is 2.64. The van der Waals surface area contributed by atoms with Gasteiger partial charge in [-0.25, -0.2) is 14.0 Å². The molecule has 202 valence electrons. The molecule has 19 heteroatoms. The highest BCUT2D eigenvalue weighted by molar-refractivity contribution is 5.95. The Morgan fingerprint density at radius 2 is 1.51 bits per heavy atom. The minimum Gasteiger partial charge on any atom is -0.349 e. The number of hydrogen-bond acceptors (Lipinski definition) is 4. The molecule has 8 nitrogen and oxygen atoms in total. The molecule has 0 unspecified atom stereocenters. The second kappa shape index (κ2) is 8.17. The lowest BCUT2D eigenvalue weighted by Gasteiger charge is -2.19. The lowest BCUT2D eigenvalue weighted by atomic mass is 10.1. The van der Waals surface area contributed by atoms with Crippen molar-refractivity contribution in [3.05, 3.63) is 41.1 Å². The number of alkyl halides is 11. The molecule has 1 amide bonds. The molecule has 37 heavy (non-hydrogen) atoms. The lowest BCUT2D eigenvalue weighted by molar-refractivity contribution is -0.292. The molecule has 0 saturated heterocycles. The number of aryl methyl sites for hydroxylation is 1. The fraction of sp³-hybridized carbons (Fsp3) is 0.444. The van der Waals surface area contributed by atoms with Crippen LogP contribution in [-0.4, -0.2) is 47.5 Å². The Kier molecular flexibility index (Phi) is 5.83. The molecule has 4 rings (SSSR count). The van der Waals surface area contributed by atoms with Crippen LogP contribution in [0, 0.1) is 0 Å². The van der Waals surface area contributed by atoms with Gasteiger partial charge in [-0.05, 0) is 12.8 Å². The molecule has 1 aliphatic rings. The first-order valence-electron chi connectivity index (χ1n) is 9.94. The van der Waals surface area contributed by atoms with Gasteiger partial charge in [0, 0.05) is 19.3 Å². The smallest absolute Gasteiger partial charge is 0.349 e. The minimum atomic E-state index is -6.42. The molecule has 1 aliphatic carbocycles. The molecule has 0 radical (unpaired) electrons. The van der Waals surface area contributed by atoms with Crippen LogP contribution in [0.1, 0.15) is 40.2 Å². The Bertz CT molecular complexity index is 1340. The zero-order valence-corrected chi connectivity index (χ0v) is 18.0. The number of carbonyl (C=O) groups is 1. The summed E-state index contributed by atoms with van der Waals surface area (Å²) in [6, 6.07) is -0.325. The van der Waals surface area contributed by atoms with E-state index in [0.29, 0.717) is 43.2 Å². The molecule has 3 heterocycles. The van der Waals surface area contributed by atoms with Crippen LogP contribution >= 0.6 is 0 Å². The largest absolute Gasteiger partial charge is 0.459 e. The van der Waals surface area contributed by atoms with Crippen molar-refractivity contribution in [2.45, 2.75) is 43.3 Å². The lowest BCUT2D eigenvalue weighted by Crippen LogP contribution is -2.36. The van der Waals surface area contributed by atoms with Crippen LogP contribution in [0.4, 0.5) is 48.3 Å². The molecule has 0 bridgehead atoms. The monoisotopic (exact) mass is 551 g/mol. The van der Waals surface area contributed by atoms with E-state index in [2.05, 4.69) is 20.6 Å². The summed E-state index contributed by atoms with van der Waals surface area (Å²) in [4.78, 5) is 12.2. The fourth-order valence-electron chi connectivity index (χ4n) is 3.31. The summed E-state index contributed by atoms with van der Waals surface area (Å²) in [5.41, 5.74) is -8.11. The second-order valence-electron chi connectivity index (χ2n) is 7.97. The number of carbonyl (C=O) groups excluding carboxylic acids is 1. The van der Waals surface area contributed by atoms with Crippen molar-refractivity contribution in [3.8, 4) is 11.5 Å². The number of halogens is 11. The Morgan fingerprint density at radius 1 is 0.892 bits per heavy atom. The molecular weight excluding hydrogens is 539 g/mol. The average Bonchev–Trinajstić information content (AvgIpc) is 3.15. The number of amides is 1. The van der Waals surface area contributed by atoms with Gasteiger partial charge in [-0.1, -0.05) is 0 Å². The van der Waals surface area contributed by atoms with Gasteiger partial charge in [-0.3, -0.25) is 4.79 Å². The average molecular weight is 551 g/mol. The summed E-state index contributed by atoms with van der Waals surface area (Å²) >= 11 is 0. The zero-order valence-electron chi connectivity index (χ0n) is 18.0. The molecule has 3 aromatic heterocycles. The van der Waals surface area contributed by atoms with E-state index in [1.165, 1.54) is 0 Å². The Labute approximate surface area is 197 Å². The normalized spacial score (nSPS) is 15.4. The Morgan fingerprint density at radius 3 is 2.03 bits per heavy atom. The first kappa shape index (κ1) is 26.4. The number of nitrogens with one attached hydrogen (secondary N) is 1.